The molecule has 1 aromatic heterocycles. The van der Waals surface area contributed by atoms with E-state index in [1.807, 2.05) is 48.9 Å². The zero-order valence-corrected chi connectivity index (χ0v) is 13.0. The molecule has 1 unspecified atom stereocenters. The van der Waals surface area contributed by atoms with E-state index in [4.69, 9.17) is 5.84 Å². The molecule has 0 saturated carbocycles. The molecular weight excluding hydrogens is 320 g/mol. The summed E-state index contributed by atoms with van der Waals surface area (Å²) in [5.41, 5.74) is 5.05. The Hall–Kier alpha value is -1.66. The van der Waals surface area contributed by atoms with E-state index in [9.17, 15) is 4.79 Å². The molecule has 0 saturated heterocycles. The first-order chi connectivity index (χ1) is 9.54. The van der Waals surface area contributed by atoms with Crippen molar-refractivity contribution in [1.82, 2.24) is 15.2 Å². The summed E-state index contributed by atoms with van der Waals surface area (Å²) in [6.45, 7) is 4.34. The van der Waals surface area contributed by atoms with Crippen molar-refractivity contribution < 1.29 is 4.79 Å². The summed E-state index contributed by atoms with van der Waals surface area (Å²) in [5, 5.41) is 4.44. The maximum Gasteiger partial charge on any atom is 0.243 e. The number of rotatable bonds is 4. The minimum atomic E-state index is -0.369. The number of nitrogens with two attached hydrogens (primary N) is 1. The van der Waals surface area contributed by atoms with Gasteiger partial charge >= 0.3 is 0 Å². The van der Waals surface area contributed by atoms with E-state index in [-0.39, 0.29) is 11.8 Å². The zero-order chi connectivity index (χ0) is 14.7. The predicted octanol–water partition coefficient (Wildman–Crippen LogP) is 2.04. The van der Waals surface area contributed by atoms with Crippen molar-refractivity contribution in [2.75, 3.05) is 0 Å². The molecule has 20 heavy (non-hydrogen) atoms. The van der Waals surface area contributed by atoms with Crippen LogP contribution in [0.5, 0.6) is 0 Å². The summed E-state index contributed by atoms with van der Waals surface area (Å²) in [4.78, 5) is 12.0. The van der Waals surface area contributed by atoms with E-state index < -0.39 is 0 Å². The molecule has 1 heterocycles. The Balaban J connectivity index is 2.34. The number of halogens is 1. The monoisotopic (exact) mass is 336 g/mol. The average molecular weight is 337 g/mol. The molecule has 1 aromatic carbocycles. The van der Waals surface area contributed by atoms with Crippen molar-refractivity contribution in [3.05, 3.63) is 51.8 Å². The fourth-order valence-electron chi connectivity index (χ4n) is 2.15. The summed E-state index contributed by atoms with van der Waals surface area (Å²) >= 11 is 3.49. The molecule has 0 aliphatic carbocycles. The largest absolute Gasteiger partial charge is 0.294 e. The van der Waals surface area contributed by atoms with Crippen molar-refractivity contribution in [3.8, 4) is 0 Å². The number of carbonyl (C=O) groups is 1. The lowest BCUT2D eigenvalue weighted by Gasteiger charge is -2.16. The van der Waals surface area contributed by atoms with Crippen LogP contribution in [0.3, 0.4) is 0 Å². The normalized spacial score (nSPS) is 12.2. The van der Waals surface area contributed by atoms with Crippen molar-refractivity contribution >= 4 is 21.8 Å². The number of hydrogen-bond acceptors (Lipinski definition) is 3. The molecule has 0 aliphatic heterocycles. The number of carbonyl (C=O) groups excluding carboxylic acids is 1. The van der Waals surface area contributed by atoms with Crippen LogP contribution in [0.4, 0.5) is 0 Å². The first-order valence-corrected chi connectivity index (χ1v) is 7.08. The highest BCUT2D eigenvalue weighted by molar-refractivity contribution is 9.10. The number of hydrogen-bond donors (Lipinski definition) is 2. The Labute approximate surface area is 126 Å². The molecule has 0 fully saturated rings. The Morgan fingerprint density at radius 2 is 2.05 bits per heavy atom. The molecule has 2 rings (SSSR count). The fourth-order valence-corrected chi connectivity index (χ4v) is 2.44. The lowest BCUT2D eigenvalue weighted by Crippen LogP contribution is -2.36. The molecule has 0 spiro atoms. The maximum atomic E-state index is 12.0. The lowest BCUT2D eigenvalue weighted by molar-refractivity contribution is -0.123. The first-order valence-electron chi connectivity index (χ1n) is 6.29. The van der Waals surface area contributed by atoms with Gasteiger partial charge in [0.05, 0.1) is 22.6 Å². The highest BCUT2D eigenvalue weighted by Gasteiger charge is 2.22. The van der Waals surface area contributed by atoms with Gasteiger partial charge in [0.1, 0.15) is 0 Å². The molecule has 0 aliphatic rings. The molecule has 106 valence electrons. The van der Waals surface area contributed by atoms with E-state index in [1.54, 1.807) is 0 Å². The van der Waals surface area contributed by atoms with Crippen LogP contribution in [0.15, 0.2) is 34.8 Å². The molecule has 0 radical (unpaired) electrons. The summed E-state index contributed by atoms with van der Waals surface area (Å²) in [6.07, 6.45) is 0. The number of amides is 1. The number of hydrazine groups is 1. The van der Waals surface area contributed by atoms with Crippen molar-refractivity contribution in [2.45, 2.75) is 26.3 Å². The number of benzene rings is 1. The van der Waals surface area contributed by atoms with Gasteiger partial charge in [0.2, 0.25) is 5.91 Å². The topological polar surface area (TPSA) is 72.9 Å². The highest BCUT2D eigenvalue weighted by atomic mass is 79.9. The molecule has 5 nitrogen and oxygen atoms in total. The van der Waals surface area contributed by atoms with Gasteiger partial charge in [0.15, 0.2) is 0 Å². The molecular formula is C14H17BrN4O. The van der Waals surface area contributed by atoms with Gasteiger partial charge in [-0.1, -0.05) is 30.3 Å². The Kier molecular flexibility index (Phi) is 4.57. The third kappa shape index (κ3) is 2.91. The molecule has 2 aromatic rings. The van der Waals surface area contributed by atoms with Crippen LogP contribution in [-0.2, 0) is 11.3 Å². The standard InChI is InChI=1S/C14H17BrN4O/c1-9-13(15)10(2)19(18-9)8-12(14(20)17-16)11-6-4-3-5-7-11/h3-7,12H,8,16H2,1-2H3,(H,17,20). The van der Waals surface area contributed by atoms with Crippen LogP contribution in [0, 0.1) is 13.8 Å². The third-order valence-electron chi connectivity index (χ3n) is 3.31. The summed E-state index contributed by atoms with van der Waals surface area (Å²) < 4.78 is 2.80. The predicted molar refractivity (Wildman–Crippen MR) is 80.9 cm³/mol. The van der Waals surface area contributed by atoms with Gasteiger partial charge in [0, 0.05) is 5.69 Å². The van der Waals surface area contributed by atoms with Gasteiger partial charge in [-0.2, -0.15) is 5.10 Å². The number of nitrogens with one attached hydrogen (secondary N) is 1. The van der Waals surface area contributed by atoms with Gasteiger partial charge in [-0.05, 0) is 35.3 Å². The van der Waals surface area contributed by atoms with E-state index >= 15 is 0 Å². The molecule has 3 N–H and O–H groups in total. The number of nitrogens with zero attached hydrogens (tertiary/aromatic N) is 2. The maximum absolute atomic E-state index is 12.0. The van der Waals surface area contributed by atoms with Gasteiger partial charge in [-0.3, -0.25) is 14.9 Å². The lowest BCUT2D eigenvalue weighted by atomic mass is 9.98. The quantitative estimate of drug-likeness (QED) is 0.509. The summed E-state index contributed by atoms with van der Waals surface area (Å²) in [6, 6.07) is 9.56. The van der Waals surface area contributed by atoms with E-state index in [1.165, 1.54) is 0 Å². The number of aromatic nitrogens is 2. The van der Waals surface area contributed by atoms with Crippen molar-refractivity contribution in [3.63, 3.8) is 0 Å². The second-order valence-electron chi connectivity index (χ2n) is 4.64. The second kappa shape index (κ2) is 6.19. The van der Waals surface area contributed by atoms with Gasteiger partial charge in [-0.15, -0.1) is 0 Å². The smallest absolute Gasteiger partial charge is 0.243 e. The van der Waals surface area contributed by atoms with Crippen LogP contribution >= 0.6 is 15.9 Å². The molecule has 6 heteroatoms. The zero-order valence-electron chi connectivity index (χ0n) is 11.4. The number of aryl methyl sites for hydroxylation is 1. The van der Waals surface area contributed by atoms with Gasteiger partial charge in [-0.25, -0.2) is 5.84 Å². The van der Waals surface area contributed by atoms with E-state index in [0.717, 1.165) is 21.4 Å². The van der Waals surface area contributed by atoms with Gasteiger partial charge in [0.25, 0.3) is 0 Å². The highest BCUT2D eigenvalue weighted by Crippen LogP contribution is 2.23. The Morgan fingerprint density at radius 3 is 2.55 bits per heavy atom. The van der Waals surface area contributed by atoms with Crippen LogP contribution in [-0.4, -0.2) is 15.7 Å². The van der Waals surface area contributed by atoms with Gasteiger partial charge < -0.3 is 0 Å². The average Bonchev–Trinajstić information content (AvgIpc) is 2.72. The summed E-state index contributed by atoms with van der Waals surface area (Å²) in [5.74, 6) is 4.71. The van der Waals surface area contributed by atoms with Crippen molar-refractivity contribution in [1.29, 1.82) is 0 Å². The first kappa shape index (κ1) is 14.7. The molecule has 0 bridgehead atoms. The van der Waals surface area contributed by atoms with Crippen molar-refractivity contribution in [2.24, 2.45) is 5.84 Å². The Morgan fingerprint density at radius 1 is 1.40 bits per heavy atom. The van der Waals surface area contributed by atoms with Crippen LogP contribution in [0.2, 0.25) is 0 Å². The fraction of sp³-hybridized carbons (Fsp3) is 0.286. The minimum Gasteiger partial charge on any atom is -0.294 e. The van der Waals surface area contributed by atoms with E-state index in [0.29, 0.717) is 6.54 Å². The van der Waals surface area contributed by atoms with Crippen LogP contribution in [0.25, 0.3) is 0 Å². The third-order valence-corrected chi connectivity index (χ3v) is 4.46. The van der Waals surface area contributed by atoms with Crippen LogP contribution in [0.1, 0.15) is 22.9 Å². The second-order valence-corrected chi connectivity index (χ2v) is 5.43. The Bertz CT molecular complexity index is 609. The van der Waals surface area contributed by atoms with Crippen LogP contribution < -0.4 is 11.3 Å². The van der Waals surface area contributed by atoms with E-state index in [2.05, 4.69) is 26.5 Å². The summed E-state index contributed by atoms with van der Waals surface area (Å²) in [7, 11) is 0. The molecule has 1 amide bonds. The minimum absolute atomic E-state index is 0.222. The SMILES string of the molecule is Cc1nn(CC(C(=O)NN)c2ccccc2)c(C)c1Br. The molecule has 1 atom stereocenters.